The molecule has 0 spiro atoms. The second-order valence-electron chi connectivity index (χ2n) is 4.56. The third-order valence-electron chi connectivity index (χ3n) is 2.85. The average molecular weight is 269 g/mol. The van der Waals surface area contributed by atoms with Crippen molar-refractivity contribution in [2.75, 3.05) is 19.8 Å². The minimum atomic E-state index is -0.328. The molecule has 1 rings (SSSR count). The minimum absolute atomic E-state index is 0.134. The molecule has 0 aliphatic heterocycles. The fraction of sp³-hybridized carbons (Fsp3) is 0.600. The summed E-state index contributed by atoms with van der Waals surface area (Å²) in [6.07, 6.45) is -0.161. The van der Waals surface area contributed by atoms with Gasteiger partial charge in [0.25, 0.3) is 0 Å². The lowest BCUT2D eigenvalue weighted by molar-refractivity contribution is 0.0636. The van der Waals surface area contributed by atoms with Crippen LogP contribution in [0, 0.1) is 5.82 Å². The van der Waals surface area contributed by atoms with Crippen molar-refractivity contribution in [1.82, 2.24) is 5.32 Å². The zero-order chi connectivity index (χ0) is 14.3. The highest BCUT2D eigenvalue weighted by atomic mass is 19.1. The van der Waals surface area contributed by atoms with Gasteiger partial charge in [-0.15, -0.1) is 0 Å². The van der Waals surface area contributed by atoms with Crippen LogP contribution in [-0.4, -0.2) is 25.9 Å². The van der Waals surface area contributed by atoms with Crippen LogP contribution in [0.15, 0.2) is 18.2 Å². The van der Waals surface area contributed by atoms with E-state index in [4.69, 9.17) is 9.47 Å². The van der Waals surface area contributed by atoms with Crippen LogP contribution in [0.2, 0.25) is 0 Å². The summed E-state index contributed by atoms with van der Waals surface area (Å²) < 4.78 is 24.7. The number of nitrogens with one attached hydrogen (secondary N) is 1. The smallest absolute Gasteiger partial charge is 0.165 e. The maximum absolute atomic E-state index is 13.9. The maximum Gasteiger partial charge on any atom is 0.165 e. The van der Waals surface area contributed by atoms with Crippen molar-refractivity contribution >= 4 is 0 Å². The van der Waals surface area contributed by atoms with Gasteiger partial charge >= 0.3 is 0 Å². The molecule has 0 heterocycles. The Morgan fingerprint density at radius 1 is 1.26 bits per heavy atom. The van der Waals surface area contributed by atoms with Crippen LogP contribution in [0.4, 0.5) is 4.39 Å². The molecule has 0 saturated heterocycles. The van der Waals surface area contributed by atoms with Gasteiger partial charge in [0.1, 0.15) is 6.10 Å². The fourth-order valence-electron chi connectivity index (χ4n) is 1.84. The van der Waals surface area contributed by atoms with Crippen molar-refractivity contribution in [2.24, 2.45) is 0 Å². The molecule has 0 amide bonds. The van der Waals surface area contributed by atoms with Gasteiger partial charge < -0.3 is 14.8 Å². The van der Waals surface area contributed by atoms with Gasteiger partial charge in [-0.25, -0.2) is 4.39 Å². The Labute approximate surface area is 115 Å². The van der Waals surface area contributed by atoms with E-state index in [2.05, 4.69) is 5.32 Å². The zero-order valence-electron chi connectivity index (χ0n) is 12.2. The van der Waals surface area contributed by atoms with Crippen LogP contribution in [0.1, 0.15) is 39.3 Å². The van der Waals surface area contributed by atoms with E-state index >= 15 is 0 Å². The molecule has 4 heteroatoms. The highest BCUT2D eigenvalue weighted by Crippen LogP contribution is 2.23. The third kappa shape index (κ3) is 5.17. The number of ether oxygens (including phenoxy) is 2. The van der Waals surface area contributed by atoms with Crippen LogP contribution in [0.25, 0.3) is 0 Å². The number of rotatable bonds is 8. The summed E-state index contributed by atoms with van der Waals surface area (Å²) in [4.78, 5) is 0. The van der Waals surface area contributed by atoms with Gasteiger partial charge in [-0.3, -0.25) is 0 Å². The summed E-state index contributed by atoms with van der Waals surface area (Å²) >= 11 is 0. The SMILES string of the molecule is CCNC(C)c1ccc(OC(C)COCC)c(F)c1. The van der Waals surface area contributed by atoms with Gasteiger partial charge in [0, 0.05) is 12.6 Å². The van der Waals surface area contributed by atoms with Crippen molar-refractivity contribution in [3.05, 3.63) is 29.6 Å². The summed E-state index contributed by atoms with van der Waals surface area (Å²) in [6, 6.07) is 5.23. The van der Waals surface area contributed by atoms with E-state index in [1.165, 1.54) is 6.07 Å². The Morgan fingerprint density at radius 3 is 2.58 bits per heavy atom. The second kappa shape index (κ2) is 8.12. The molecule has 1 N–H and O–H groups in total. The van der Waals surface area contributed by atoms with Crippen molar-refractivity contribution < 1.29 is 13.9 Å². The van der Waals surface area contributed by atoms with Gasteiger partial charge in [-0.2, -0.15) is 0 Å². The lowest BCUT2D eigenvalue weighted by atomic mass is 10.1. The first-order valence-electron chi connectivity index (χ1n) is 6.85. The number of hydrogen-bond acceptors (Lipinski definition) is 3. The maximum atomic E-state index is 13.9. The normalized spacial score (nSPS) is 14.2. The van der Waals surface area contributed by atoms with Crippen molar-refractivity contribution in [2.45, 2.75) is 39.8 Å². The number of benzene rings is 1. The van der Waals surface area contributed by atoms with E-state index in [0.29, 0.717) is 13.2 Å². The van der Waals surface area contributed by atoms with Crippen LogP contribution >= 0.6 is 0 Å². The molecule has 0 saturated carbocycles. The predicted octanol–water partition coefficient (Wildman–Crippen LogP) is 3.30. The molecule has 3 nitrogen and oxygen atoms in total. The van der Waals surface area contributed by atoms with Gasteiger partial charge in [0.15, 0.2) is 11.6 Å². The molecule has 2 atom stereocenters. The monoisotopic (exact) mass is 269 g/mol. The van der Waals surface area contributed by atoms with Gasteiger partial charge in [-0.05, 0) is 45.0 Å². The summed E-state index contributed by atoms with van der Waals surface area (Å²) in [5.41, 5.74) is 0.921. The Balaban J connectivity index is 2.66. The third-order valence-corrected chi connectivity index (χ3v) is 2.85. The molecule has 1 aromatic carbocycles. The Kier molecular flexibility index (Phi) is 6.81. The number of halogens is 1. The fourth-order valence-corrected chi connectivity index (χ4v) is 1.84. The number of hydrogen-bond donors (Lipinski definition) is 1. The highest BCUT2D eigenvalue weighted by Gasteiger charge is 2.11. The molecule has 2 unspecified atom stereocenters. The lowest BCUT2D eigenvalue weighted by Gasteiger charge is -2.17. The molecule has 0 radical (unpaired) electrons. The topological polar surface area (TPSA) is 30.5 Å². The van der Waals surface area contributed by atoms with Crippen LogP contribution < -0.4 is 10.1 Å². The first-order chi connectivity index (χ1) is 9.08. The van der Waals surface area contributed by atoms with Crippen molar-refractivity contribution in [1.29, 1.82) is 0 Å². The minimum Gasteiger partial charge on any atom is -0.485 e. The molecule has 19 heavy (non-hydrogen) atoms. The predicted molar refractivity (Wildman–Crippen MR) is 75.1 cm³/mol. The van der Waals surface area contributed by atoms with Gasteiger partial charge in [0.05, 0.1) is 6.61 Å². The lowest BCUT2D eigenvalue weighted by Crippen LogP contribution is -2.20. The molecule has 0 aliphatic carbocycles. The van der Waals surface area contributed by atoms with E-state index < -0.39 is 0 Å². The Morgan fingerprint density at radius 2 is 2.00 bits per heavy atom. The molecule has 0 bridgehead atoms. The van der Waals surface area contributed by atoms with Gasteiger partial charge in [0.2, 0.25) is 0 Å². The summed E-state index contributed by atoms with van der Waals surface area (Å²) in [5.74, 6) is -0.0507. The quantitative estimate of drug-likeness (QED) is 0.785. The van der Waals surface area contributed by atoms with E-state index in [9.17, 15) is 4.39 Å². The van der Waals surface area contributed by atoms with Gasteiger partial charge in [-0.1, -0.05) is 13.0 Å². The molecule has 0 aromatic heterocycles. The van der Waals surface area contributed by atoms with E-state index in [0.717, 1.165) is 12.1 Å². The molecular weight excluding hydrogens is 245 g/mol. The van der Waals surface area contributed by atoms with Crippen LogP contribution in [-0.2, 0) is 4.74 Å². The first kappa shape index (κ1) is 15.9. The Bertz CT molecular complexity index is 384. The van der Waals surface area contributed by atoms with Crippen molar-refractivity contribution in [3.8, 4) is 5.75 Å². The standard InChI is InChI=1S/C15H24FNO2/c1-5-17-12(4)13-7-8-15(14(16)9-13)19-11(3)10-18-6-2/h7-9,11-12,17H,5-6,10H2,1-4H3. The average Bonchev–Trinajstić information content (AvgIpc) is 2.39. The first-order valence-corrected chi connectivity index (χ1v) is 6.85. The van der Waals surface area contributed by atoms with E-state index in [-0.39, 0.29) is 23.7 Å². The second-order valence-corrected chi connectivity index (χ2v) is 4.56. The largest absolute Gasteiger partial charge is 0.485 e. The summed E-state index contributed by atoms with van der Waals surface area (Å²) in [5, 5.41) is 3.25. The van der Waals surface area contributed by atoms with Crippen LogP contribution in [0.3, 0.4) is 0 Å². The molecule has 0 aliphatic rings. The molecule has 1 aromatic rings. The highest BCUT2D eigenvalue weighted by molar-refractivity contribution is 5.31. The molecule has 108 valence electrons. The van der Waals surface area contributed by atoms with Crippen LogP contribution in [0.5, 0.6) is 5.75 Å². The molecule has 0 fully saturated rings. The molecular formula is C15H24FNO2. The zero-order valence-corrected chi connectivity index (χ0v) is 12.2. The van der Waals surface area contributed by atoms with E-state index in [1.807, 2.05) is 33.8 Å². The summed E-state index contributed by atoms with van der Waals surface area (Å²) in [6.45, 7) is 9.78. The van der Waals surface area contributed by atoms with Crippen molar-refractivity contribution in [3.63, 3.8) is 0 Å². The summed E-state index contributed by atoms with van der Waals surface area (Å²) in [7, 11) is 0. The Hall–Kier alpha value is -1.13. The van der Waals surface area contributed by atoms with E-state index in [1.54, 1.807) is 6.07 Å².